The van der Waals surface area contributed by atoms with Gasteiger partial charge in [0.25, 0.3) is 0 Å². The molecule has 13 heteroatoms. The summed E-state index contributed by atoms with van der Waals surface area (Å²) >= 11 is 5.99. The molecular weight excluding hydrogens is 460 g/mol. The number of nitrogens with one attached hydrogen (secondary N) is 2. The maximum absolute atomic E-state index is 12.8. The van der Waals surface area contributed by atoms with Gasteiger partial charge in [-0.2, -0.15) is 18.3 Å². The Kier molecular flexibility index (Phi) is 7.02. The van der Waals surface area contributed by atoms with E-state index in [0.717, 1.165) is 17.0 Å². The summed E-state index contributed by atoms with van der Waals surface area (Å²) in [6, 6.07) is 2.05. The van der Waals surface area contributed by atoms with Gasteiger partial charge in [0.15, 0.2) is 0 Å². The number of anilines is 2. The molecule has 1 aromatic carbocycles. The first-order valence-corrected chi connectivity index (χ1v) is 8.90. The van der Waals surface area contributed by atoms with Gasteiger partial charge in [-0.15, -0.1) is 0 Å². The van der Waals surface area contributed by atoms with Crippen molar-refractivity contribution >= 4 is 45.8 Å². The predicted molar refractivity (Wildman–Crippen MR) is 106 cm³/mol. The average Bonchev–Trinajstić information content (AvgIpc) is 3.18. The van der Waals surface area contributed by atoms with Gasteiger partial charge in [-0.3, -0.25) is 14.7 Å². The van der Waals surface area contributed by atoms with Crippen LogP contribution in [-0.2, 0) is 15.8 Å². The second kappa shape index (κ2) is 8.98. The number of likely N-dealkylation sites (N-methyl/N-ethyl adjacent to an activating group) is 1. The number of halogens is 5. The zero-order valence-corrected chi connectivity index (χ0v) is 17.6. The third-order valence-corrected chi connectivity index (χ3v) is 4.97. The molecule has 8 nitrogen and oxygen atoms in total. The van der Waals surface area contributed by atoms with Crippen LogP contribution in [0.15, 0.2) is 30.6 Å². The second-order valence-electron chi connectivity index (χ2n) is 6.50. The van der Waals surface area contributed by atoms with E-state index in [1.807, 2.05) is 0 Å². The SMILES string of the molecule is CC(c1ccc(C(F)(F)F)cc1Cl)N(C)C(=O)C(=O)Nc1cnc(N)c2cn[nH]c12.[Cl-].[H+]. The number of hydrogen-bond acceptors (Lipinski definition) is 5. The van der Waals surface area contributed by atoms with Crippen molar-refractivity contribution < 1.29 is 36.6 Å². The molecular formula is C18H17Cl2F3N6O2. The molecule has 0 aliphatic carbocycles. The maximum Gasteiger partial charge on any atom is 1.00 e. The van der Waals surface area contributed by atoms with E-state index in [-0.39, 0.29) is 35.9 Å². The number of benzene rings is 1. The Bertz CT molecular complexity index is 1140. The van der Waals surface area contributed by atoms with Crippen molar-refractivity contribution in [1.82, 2.24) is 20.1 Å². The van der Waals surface area contributed by atoms with Gasteiger partial charge in [0.05, 0.1) is 40.6 Å². The van der Waals surface area contributed by atoms with Gasteiger partial charge >= 0.3 is 19.4 Å². The third-order valence-electron chi connectivity index (χ3n) is 4.64. The number of rotatable bonds is 3. The van der Waals surface area contributed by atoms with Crippen LogP contribution in [0.4, 0.5) is 24.7 Å². The van der Waals surface area contributed by atoms with Crippen molar-refractivity contribution in [3.8, 4) is 0 Å². The molecule has 0 bridgehead atoms. The summed E-state index contributed by atoms with van der Waals surface area (Å²) in [5.41, 5.74) is 5.67. The number of hydrogen-bond donors (Lipinski definition) is 3. The number of carbonyl (C=O) groups is 2. The topological polar surface area (TPSA) is 117 Å². The Morgan fingerprint density at radius 2 is 2.00 bits per heavy atom. The summed E-state index contributed by atoms with van der Waals surface area (Å²) < 4.78 is 38.5. The molecule has 31 heavy (non-hydrogen) atoms. The Morgan fingerprint density at radius 3 is 2.61 bits per heavy atom. The van der Waals surface area contributed by atoms with E-state index >= 15 is 0 Å². The molecule has 0 saturated heterocycles. The fourth-order valence-electron chi connectivity index (χ4n) is 2.81. The monoisotopic (exact) mass is 476 g/mol. The van der Waals surface area contributed by atoms with Crippen LogP contribution in [0.3, 0.4) is 0 Å². The Hall–Kier alpha value is -3.05. The van der Waals surface area contributed by atoms with Crippen LogP contribution in [0.25, 0.3) is 10.9 Å². The van der Waals surface area contributed by atoms with E-state index in [4.69, 9.17) is 17.3 Å². The van der Waals surface area contributed by atoms with E-state index < -0.39 is 29.6 Å². The summed E-state index contributed by atoms with van der Waals surface area (Å²) in [7, 11) is 1.34. The molecule has 3 rings (SSSR count). The van der Waals surface area contributed by atoms with E-state index in [1.54, 1.807) is 0 Å². The predicted octanol–water partition coefficient (Wildman–Crippen LogP) is 0.487. The number of nitrogen functional groups attached to an aromatic ring is 1. The van der Waals surface area contributed by atoms with Crippen molar-refractivity contribution in [3.63, 3.8) is 0 Å². The molecule has 0 aliphatic heterocycles. The molecule has 1 unspecified atom stereocenters. The standard InChI is InChI=1S/C18H16ClF3N6O2.ClH/c1-8(10-4-3-9(5-12(10)19)18(20,21)22)28(2)17(30)16(29)26-13-7-24-15(23)11-6-25-27-14(11)13;/h3-8H,1-2H3,(H2,23,24)(H,25,27)(H,26,29);1H. The minimum atomic E-state index is -4.54. The van der Waals surface area contributed by atoms with Crippen LogP contribution in [0.5, 0.6) is 0 Å². The highest BCUT2D eigenvalue weighted by Gasteiger charge is 2.32. The second-order valence-corrected chi connectivity index (χ2v) is 6.90. The first kappa shape index (κ1) is 24.2. The third kappa shape index (κ3) is 4.83. The van der Waals surface area contributed by atoms with Gasteiger partial charge in [0, 0.05) is 12.1 Å². The molecule has 0 radical (unpaired) electrons. The molecule has 3 aromatic rings. The summed E-state index contributed by atoms with van der Waals surface area (Å²) in [6.45, 7) is 1.54. The molecule has 2 aromatic heterocycles. The number of nitrogens with zero attached hydrogens (tertiary/aromatic N) is 3. The van der Waals surface area contributed by atoms with E-state index in [9.17, 15) is 22.8 Å². The Labute approximate surface area is 186 Å². The molecule has 0 fully saturated rings. The van der Waals surface area contributed by atoms with E-state index in [1.165, 1.54) is 32.4 Å². The van der Waals surface area contributed by atoms with Crippen molar-refractivity contribution in [2.24, 2.45) is 0 Å². The Morgan fingerprint density at radius 1 is 1.32 bits per heavy atom. The van der Waals surface area contributed by atoms with Gasteiger partial charge in [0.1, 0.15) is 5.82 Å². The minimum absolute atomic E-state index is 0. The summed E-state index contributed by atoms with van der Waals surface area (Å²) in [4.78, 5) is 30.0. The van der Waals surface area contributed by atoms with Crippen molar-refractivity contribution in [3.05, 3.63) is 46.7 Å². The number of nitrogens with two attached hydrogens (primary N) is 1. The molecule has 166 valence electrons. The van der Waals surface area contributed by atoms with Crippen LogP contribution in [-0.4, -0.2) is 38.9 Å². The van der Waals surface area contributed by atoms with Crippen LogP contribution in [0.2, 0.25) is 5.02 Å². The lowest BCUT2D eigenvalue weighted by atomic mass is 10.0. The molecule has 1 atom stereocenters. The quantitative estimate of drug-likeness (QED) is 0.475. The number of amides is 2. The van der Waals surface area contributed by atoms with Gasteiger partial charge in [-0.25, -0.2) is 4.98 Å². The van der Waals surface area contributed by atoms with Gasteiger partial charge in [0.2, 0.25) is 0 Å². The number of alkyl halides is 3. The lowest BCUT2D eigenvalue weighted by molar-refractivity contribution is -0.143. The summed E-state index contributed by atoms with van der Waals surface area (Å²) in [5.74, 6) is -1.71. The number of aromatic amines is 1. The normalized spacial score (nSPS) is 12.2. The number of H-pyrrole nitrogens is 1. The van der Waals surface area contributed by atoms with Gasteiger partial charge in [-0.05, 0) is 24.6 Å². The smallest absolute Gasteiger partial charge is 1.00 e. The average molecular weight is 477 g/mol. The van der Waals surface area contributed by atoms with Crippen LogP contribution in [0, 0.1) is 0 Å². The summed E-state index contributed by atoms with van der Waals surface area (Å²) in [6.07, 6.45) is -1.84. The van der Waals surface area contributed by atoms with Gasteiger partial charge in [-0.1, -0.05) is 17.7 Å². The van der Waals surface area contributed by atoms with E-state index in [0.29, 0.717) is 10.9 Å². The largest absolute Gasteiger partial charge is 1.00 e. The molecule has 2 heterocycles. The highest BCUT2D eigenvalue weighted by atomic mass is 35.5. The van der Waals surface area contributed by atoms with Crippen LogP contribution < -0.4 is 23.5 Å². The zero-order chi connectivity index (χ0) is 22.2. The zero-order valence-electron chi connectivity index (χ0n) is 17.1. The highest BCUT2D eigenvalue weighted by molar-refractivity contribution is 6.40. The van der Waals surface area contributed by atoms with Crippen LogP contribution >= 0.6 is 11.6 Å². The number of carbonyl (C=O) groups excluding carboxylic acids is 2. The van der Waals surface area contributed by atoms with Crippen molar-refractivity contribution in [2.75, 3.05) is 18.1 Å². The van der Waals surface area contributed by atoms with E-state index in [2.05, 4.69) is 20.5 Å². The number of aromatic nitrogens is 3. The fraction of sp³-hybridized carbons (Fsp3) is 0.222. The summed E-state index contributed by atoms with van der Waals surface area (Å²) in [5, 5.41) is 9.21. The molecule has 0 saturated carbocycles. The minimum Gasteiger partial charge on any atom is -1.00 e. The van der Waals surface area contributed by atoms with Crippen molar-refractivity contribution in [2.45, 2.75) is 19.1 Å². The fourth-order valence-corrected chi connectivity index (χ4v) is 3.15. The highest BCUT2D eigenvalue weighted by Crippen LogP contribution is 2.35. The molecule has 2 amide bonds. The van der Waals surface area contributed by atoms with Crippen molar-refractivity contribution in [1.29, 1.82) is 0 Å². The molecule has 4 N–H and O–H groups in total. The van der Waals surface area contributed by atoms with Gasteiger partial charge < -0.3 is 28.4 Å². The first-order valence-electron chi connectivity index (χ1n) is 8.53. The number of fused-ring (bicyclic) bond motifs is 1. The molecule has 0 spiro atoms. The Balaban J connectivity index is 0.00000256. The lowest BCUT2D eigenvalue weighted by Gasteiger charge is -2.26. The molecule has 0 aliphatic rings. The lowest BCUT2D eigenvalue weighted by Crippen LogP contribution is -3.00. The first-order chi connectivity index (χ1) is 14.0. The maximum atomic E-state index is 12.8. The van der Waals surface area contributed by atoms with Crippen LogP contribution in [0.1, 0.15) is 25.5 Å². The number of pyridine rings is 1.